The third-order valence-electron chi connectivity index (χ3n) is 3.45. The summed E-state index contributed by atoms with van der Waals surface area (Å²) in [7, 11) is 0. The van der Waals surface area contributed by atoms with Crippen molar-refractivity contribution in [3.05, 3.63) is 50.0 Å². The fourth-order valence-electron chi connectivity index (χ4n) is 2.26. The highest BCUT2D eigenvalue weighted by molar-refractivity contribution is 7.13. The topological polar surface area (TPSA) is 97.2 Å². The Bertz CT molecular complexity index is 741. The summed E-state index contributed by atoms with van der Waals surface area (Å²) in [6, 6.07) is 6.17. The van der Waals surface area contributed by atoms with Crippen LogP contribution in [0.5, 0.6) is 0 Å². The zero-order valence-corrected chi connectivity index (χ0v) is 15.4. The van der Waals surface area contributed by atoms with Gasteiger partial charge in [-0.25, -0.2) is 4.98 Å². The third-order valence-corrected chi connectivity index (χ3v) is 4.63. The normalized spacial score (nSPS) is 10.7. The van der Waals surface area contributed by atoms with E-state index in [2.05, 4.69) is 29.5 Å². The number of aryl methyl sites for hydroxylation is 1. The van der Waals surface area contributed by atoms with Gasteiger partial charge < -0.3 is 10.6 Å². The Labute approximate surface area is 150 Å². The number of nitro groups is 1. The molecule has 2 aromatic rings. The van der Waals surface area contributed by atoms with E-state index in [-0.39, 0.29) is 11.6 Å². The number of rotatable bonds is 8. The Morgan fingerprint density at radius 2 is 1.96 bits per heavy atom. The standard InChI is InChI=1S/C17H22N4O3S/c1-11(2)10-15-20-12(3)16(25-15)17(22)19-9-8-18-13-4-6-14(7-5-13)21(23)24/h4-7,11,18H,8-10H2,1-3H3,(H,19,22). The summed E-state index contributed by atoms with van der Waals surface area (Å²) in [5.74, 6) is 0.392. The quantitative estimate of drug-likeness (QED) is 0.426. The average Bonchev–Trinajstić information content (AvgIpc) is 2.91. The van der Waals surface area contributed by atoms with Gasteiger partial charge in [0.05, 0.1) is 15.6 Å². The van der Waals surface area contributed by atoms with Crippen molar-refractivity contribution in [3.63, 3.8) is 0 Å². The average molecular weight is 362 g/mol. The van der Waals surface area contributed by atoms with E-state index in [1.165, 1.54) is 23.5 Å². The minimum absolute atomic E-state index is 0.0525. The molecule has 0 radical (unpaired) electrons. The van der Waals surface area contributed by atoms with Crippen molar-refractivity contribution in [3.8, 4) is 0 Å². The lowest BCUT2D eigenvalue weighted by molar-refractivity contribution is -0.384. The number of hydrogen-bond donors (Lipinski definition) is 2. The lowest BCUT2D eigenvalue weighted by Crippen LogP contribution is -2.28. The highest BCUT2D eigenvalue weighted by Gasteiger charge is 2.15. The second-order valence-electron chi connectivity index (χ2n) is 6.11. The van der Waals surface area contributed by atoms with Crippen LogP contribution < -0.4 is 10.6 Å². The number of anilines is 1. The fourth-order valence-corrected chi connectivity index (χ4v) is 3.46. The molecular weight excluding hydrogens is 340 g/mol. The van der Waals surface area contributed by atoms with Gasteiger partial charge in [0.2, 0.25) is 0 Å². The first-order valence-electron chi connectivity index (χ1n) is 8.09. The first-order valence-corrected chi connectivity index (χ1v) is 8.91. The van der Waals surface area contributed by atoms with Crippen molar-refractivity contribution in [1.29, 1.82) is 0 Å². The molecule has 1 amide bonds. The van der Waals surface area contributed by atoms with Crippen molar-refractivity contribution in [2.75, 3.05) is 18.4 Å². The summed E-state index contributed by atoms with van der Waals surface area (Å²) < 4.78 is 0. The van der Waals surface area contributed by atoms with E-state index in [1.807, 2.05) is 6.92 Å². The van der Waals surface area contributed by atoms with Crippen LogP contribution >= 0.6 is 11.3 Å². The van der Waals surface area contributed by atoms with E-state index in [4.69, 9.17) is 0 Å². The molecule has 1 aromatic heterocycles. The number of nitro benzene ring substituents is 1. The van der Waals surface area contributed by atoms with Crippen LogP contribution in [0, 0.1) is 23.0 Å². The molecule has 1 heterocycles. The van der Waals surface area contributed by atoms with Crippen LogP contribution in [-0.2, 0) is 6.42 Å². The van der Waals surface area contributed by atoms with E-state index < -0.39 is 4.92 Å². The second-order valence-corrected chi connectivity index (χ2v) is 7.19. The van der Waals surface area contributed by atoms with Gasteiger partial charge in [0.25, 0.3) is 11.6 Å². The number of nitrogens with zero attached hydrogens (tertiary/aromatic N) is 2. The van der Waals surface area contributed by atoms with Gasteiger partial charge >= 0.3 is 0 Å². The maximum atomic E-state index is 12.3. The molecule has 2 rings (SSSR count). The Balaban J connectivity index is 1.80. The third kappa shape index (κ3) is 5.53. The number of amides is 1. The molecular formula is C17H22N4O3S. The van der Waals surface area contributed by atoms with Crippen LogP contribution in [0.1, 0.15) is 34.2 Å². The van der Waals surface area contributed by atoms with Gasteiger partial charge in [0, 0.05) is 37.3 Å². The molecule has 0 atom stereocenters. The van der Waals surface area contributed by atoms with E-state index in [9.17, 15) is 14.9 Å². The first-order chi connectivity index (χ1) is 11.9. The van der Waals surface area contributed by atoms with E-state index >= 15 is 0 Å². The SMILES string of the molecule is Cc1nc(CC(C)C)sc1C(=O)NCCNc1ccc([N+](=O)[O-])cc1. The summed E-state index contributed by atoms with van der Waals surface area (Å²) in [5.41, 5.74) is 1.59. The molecule has 0 saturated heterocycles. The van der Waals surface area contributed by atoms with Crippen LogP contribution in [-0.4, -0.2) is 28.9 Å². The zero-order valence-electron chi connectivity index (χ0n) is 14.5. The van der Waals surface area contributed by atoms with Crippen LogP contribution in [0.3, 0.4) is 0 Å². The molecule has 0 aliphatic rings. The lowest BCUT2D eigenvalue weighted by atomic mass is 10.1. The predicted molar refractivity (Wildman–Crippen MR) is 99.3 cm³/mol. The Hall–Kier alpha value is -2.48. The van der Waals surface area contributed by atoms with Gasteiger partial charge in [-0.2, -0.15) is 0 Å². The van der Waals surface area contributed by atoms with Crippen molar-refractivity contribution < 1.29 is 9.72 Å². The van der Waals surface area contributed by atoms with Gasteiger partial charge in [0.15, 0.2) is 0 Å². The van der Waals surface area contributed by atoms with Crippen LogP contribution in [0.2, 0.25) is 0 Å². The van der Waals surface area contributed by atoms with E-state index in [0.717, 1.165) is 22.8 Å². The molecule has 134 valence electrons. The van der Waals surface area contributed by atoms with Crippen molar-refractivity contribution >= 4 is 28.6 Å². The van der Waals surface area contributed by atoms with Crippen molar-refractivity contribution in [1.82, 2.24) is 10.3 Å². The Morgan fingerprint density at radius 3 is 2.56 bits per heavy atom. The summed E-state index contributed by atoms with van der Waals surface area (Å²) in [6.07, 6.45) is 0.875. The molecule has 0 aliphatic carbocycles. The molecule has 0 spiro atoms. The van der Waals surface area contributed by atoms with Gasteiger partial charge in [0.1, 0.15) is 4.88 Å². The maximum absolute atomic E-state index is 12.3. The molecule has 0 saturated carbocycles. The number of benzene rings is 1. The molecule has 1 aromatic carbocycles. The van der Waals surface area contributed by atoms with E-state index in [0.29, 0.717) is 23.9 Å². The minimum atomic E-state index is -0.436. The second kappa shape index (κ2) is 8.57. The van der Waals surface area contributed by atoms with Gasteiger partial charge in [-0.15, -0.1) is 11.3 Å². The Morgan fingerprint density at radius 1 is 1.28 bits per heavy atom. The fraction of sp³-hybridized carbons (Fsp3) is 0.412. The molecule has 8 heteroatoms. The van der Waals surface area contributed by atoms with Gasteiger partial charge in [-0.1, -0.05) is 13.8 Å². The molecule has 0 fully saturated rings. The number of nitrogens with one attached hydrogen (secondary N) is 2. The number of carbonyl (C=O) groups excluding carboxylic acids is 1. The molecule has 0 unspecified atom stereocenters. The zero-order chi connectivity index (χ0) is 18.4. The predicted octanol–water partition coefficient (Wildman–Crippen LogP) is 3.40. The summed E-state index contributed by atoms with van der Waals surface area (Å²) in [5, 5.41) is 17.6. The number of carbonyl (C=O) groups is 1. The molecule has 0 aliphatic heterocycles. The maximum Gasteiger partial charge on any atom is 0.269 e. The highest BCUT2D eigenvalue weighted by atomic mass is 32.1. The van der Waals surface area contributed by atoms with Crippen LogP contribution in [0.15, 0.2) is 24.3 Å². The molecule has 25 heavy (non-hydrogen) atoms. The number of aromatic nitrogens is 1. The monoisotopic (exact) mass is 362 g/mol. The minimum Gasteiger partial charge on any atom is -0.383 e. The van der Waals surface area contributed by atoms with Crippen molar-refractivity contribution in [2.45, 2.75) is 27.2 Å². The highest BCUT2D eigenvalue weighted by Crippen LogP contribution is 2.20. The molecule has 7 nitrogen and oxygen atoms in total. The number of non-ortho nitro benzene ring substituents is 1. The summed E-state index contributed by atoms with van der Waals surface area (Å²) in [6.45, 7) is 7.08. The first kappa shape index (κ1) is 18.9. The number of hydrogen-bond acceptors (Lipinski definition) is 6. The molecule has 2 N–H and O–H groups in total. The van der Waals surface area contributed by atoms with Crippen molar-refractivity contribution in [2.24, 2.45) is 5.92 Å². The van der Waals surface area contributed by atoms with E-state index in [1.54, 1.807) is 12.1 Å². The smallest absolute Gasteiger partial charge is 0.269 e. The summed E-state index contributed by atoms with van der Waals surface area (Å²) in [4.78, 5) is 27.5. The summed E-state index contributed by atoms with van der Waals surface area (Å²) >= 11 is 1.45. The number of thiazole rings is 1. The lowest BCUT2D eigenvalue weighted by Gasteiger charge is -2.07. The van der Waals surface area contributed by atoms with Crippen LogP contribution in [0.25, 0.3) is 0 Å². The Kier molecular flexibility index (Phi) is 6.46. The molecule has 0 bridgehead atoms. The van der Waals surface area contributed by atoms with Crippen LogP contribution in [0.4, 0.5) is 11.4 Å². The van der Waals surface area contributed by atoms with Gasteiger partial charge in [-0.05, 0) is 25.0 Å². The van der Waals surface area contributed by atoms with Gasteiger partial charge in [-0.3, -0.25) is 14.9 Å². The largest absolute Gasteiger partial charge is 0.383 e.